The Morgan fingerprint density at radius 2 is 1.97 bits per heavy atom. The van der Waals surface area contributed by atoms with E-state index in [1.165, 1.54) is 22.9 Å². The van der Waals surface area contributed by atoms with E-state index in [9.17, 15) is 15.3 Å². The maximum absolute atomic E-state index is 11.4. The third-order valence-electron chi connectivity index (χ3n) is 9.49. The van der Waals surface area contributed by atoms with Crippen molar-refractivity contribution in [3.63, 3.8) is 0 Å². The molecule has 1 aromatic heterocycles. The van der Waals surface area contributed by atoms with Gasteiger partial charge >= 0.3 is 0 Å². The molecule has 1 heterocycles. The van der Waals surface area contributed by atoms with Gasteiger partial charge in [-0.2, -0.15) is 0 Å². The average Bonchev–Trinajstić information content (AvgIpc) is 3.38. The lowest BCUT2D eigenvalue weighted by atomic mass is 9.48. The van der Waals surface area contributed by atoms with Crippen molar-refractivity contribution in [2.45, 2.75) is 58.8 Å². The van der Waals surface area contributed by atoms with Crippen LogP contribution in [0.1, 0.15) is 62.9 Å². The zero-order valence-corrected chi connectivity index (χ0v) is 20.4. The van der Waals surface area contributed by atoms with E-state index in [0.717, 1.165) is 55.1 Å². The molecular formula is C26H30N4O3S. The molecule has 1 aromatic carbocycles. The van der Waals surface area contributed by atoms with Crippen LogP contribution in [-0.4, -0.2) is 20.8 Å². The molecule has 4 aliphatic rings. The summed E-state index contributed by atoms with van der Waals surface area (Å²) in [6.45, 7) is 4.77. The van der Waals surface area contributed by atoms with E-state index < -0.39 is 0 Å². The van der Waals surface area contributed by atoms with Crippen LogP contribution in [0, 0.1) is 38.7 Å². The first kappa shape index (κ1) is 21.8. The monoisotopic (exact) mass is 478 g/mol. The number of benzene rings is 1. The second kappa shape index (κ2) is 7.63. The normalized spacial score (nSPS) is 35.1. The van der Waals surface area contributed by atoms with E-state index >= 15 is 0 Å². The van der Waals surface area contributed by atoms with Crippen molar-refractivity contribution < 1.29 is 10.1 Å². The van der Waals surface area contributed by atoms with Gasteiger partial charge in [-0.25, -0.2) is 4.98 Å². The Hall–Kier alpha value is -2.74. The van der Waals surface area contributed by atoms with Crippen LogP contribution in [0.5, 0.6) is 0 Å². The number of hydrogen-bond donors (Lipinski definition) is 2. The van der Waals surface area contributed by atoms with Crippen molar-refractivity contribution in [2.24, 2.45) is 33.7 Å². The number of rotatable bonds is 3. The summed E-state index contributed by atoms with van der Waals surface area (Å²) >= 11 is 1.63. The third-order valence-corrected chi connectivity index (χ3v) is 10.5. The van der Waals surface area contributed by atoms with Crippen LogP contribution in [0.25, 0.3) is 5.57 Å². The topological polar surface area (TPSA) is 101 Å². The van der Waals surface area contributed by atoms with E-state index in [2.05, 4.69) is 30.4 Å². The summed E-state index contributed by atoms with van der Waals surface area (Å²) in [7, 11) is 0. The minimum absolute atomic E-state index is 0.0451. The van der Waals surface area contributed by atoms with E-state index in [1.807, 2.05) is 0 Å². The highest BCUT2D eigenvalue weighted by Crippen LogP contribution is 2.65. The Labute approximate surface area is 203 Å². The molecule has 2 saturated carbocycles. The summed E-state index contributed by atoms with van der Waals surface area (Å²) in [5.41, 5.74) is 4.27. The first-order valence-electron chi connectivity index (χ1n) is 12.3. The molecule has 7 nitrogen and oxygen atoms in total. The molecule has 0 unspecified atom stereocenters. The molecule has 0 aliphatic heterocycles. The number of nitrogens with one attached hydrogen (secondary N) is 1. The number of aromatic nitrogens is 1. The fourth-order valence-electron chi connectivity index (χ4n) is 7.74. The van der Waals surface area contributed by atoms with Crippen LogP contribution >= 0.6 is 11.3 Å². The average molecular weight is 479 g/mol. The lowest BCUT2D eigenvalue weighted by Crippen LogP contribution is -2.49. The second-order valence-corrected chi connectivity index (χ2v) is 11.9. The first-order chi connectivity index (χ1) is 16.3. The van der Waals surface area contributed by atoms with Gasteiger partial charge < -0.3 is 10.5 Å². The third kappa shape index (κ3) is 3.00. The van der Waals surface area contributed by atoms with E-state index in [1.54, 1.807) is 29.5 Å². The number of nitro benzene ring substituents is 1. The van der Waals surface area contributed by atoms with Crippen molar-refractivity contribution >= 4 is 39.1 Å². The fourth-order valence-corrected chi connectivity index (χ4v) is 8.94. The Bertz CT molecular complexity index is 1240. The van der Waals surface area contributed by atoms with Crippen LogP contribution < -0.4 is 5.32 Å². The minimum Gasteiger partial charge on any atom is -0.411 e. The van der Waals surface area contributed by atoms with Gasteiger partial charge in [0.1, 0.15) is 5.69 Å². The lowest BCUT2D eigenvalue weighted by molar-refractivity contribution is -0.383. The van der Waals surface area contributed by atoms with Gasteiger partial charge in [0.2, 0.25) is 0 Å². The van der Waals surface area contributed by atoms with Gasteiger partial charge in [-0.05, 0) is 79.8 Å². The smallest absolute Gasteiger partial charge is 0.292 e. The molecule has 5 atom stereocenters. The lowest BCUT2D eigenvalue weighted by Gasteiger charge is -2.56. The number of anilines is 2. The van der Waals surface area contributed by atoms with E-state index in [4.69, 9.17) is 4.98 Å². The molecule has 2 N–H and O–H groups in total. The SMILES string of the molecule is C[C@]12CCc3nc(Nc4ccccc4[N+](=O)[O-])sc3C1=CC[C@@H]1[C@@H]2CC[C@]2(C)/C(=N/O)CC[C@@H]12. The van der Waals surface area contributed by atoms with E-state index in [-0.39, 0.29) is 21.4 Å². The Balaban J connectivity index is 1.33. The number of nitro groups is 1. The summed E-state index contributed by atoms with van der Waals surface area (Å²) < 4.78 is 0. The number of hydrogen-bond acceptors (Lipinski definition) is 7. The number of fused-ring (bicyclic) bond motifs is 7. The highest BCUT2D eigenvalue weighted by atomic mass is 32.1. The van der Waals surface area contributed by atoms with Crippen molar-refractivity contribution in [3.05, 3.63) is 51.0 Å². The minimum atomic E-state index is -0.358. The van der Waals surface area contributed by atoms with E-state index in [0.29, 0.717) is 23.4 Å². The molecule has 8 heteroatoms. The number of oxime groups is 1. The molecular weight excluding hydrogens is 448 g/mol. The standard InChI is InChI=1S/C26H30N4O3S/c1-25-14-12-20-23(34-24(28-20)27-19-5-3-4-6-21(19)30(32)33)18(25)8-7-15-16-9-10-22(29-31)26(16,2)13-11-17(15)25/h3-6,8,15-17,31H,7,9-14H2,1-2H3,(H,27,28)/b29-22+/t15-,16-,17-,25+,26-/m0/s1. The Morgan fingerprint density at radius 3 is 2.76 bits per heavy atom. The highest BCUT2D eigenvalue weighted by molar-refractivity contribution is 7.16. The molecule has 2 fully saturated rings. The summed E-state index contributed by atoms with van der Waals surface area (Å²) in [4.78, 5) is 17.2. The van der Waals surface area contributed by atoms with Gasteiger partial charge in [0.25, 0.3) is 5.69 Å². The molecule has 0 bridgehead atoms. The Morgan fingerprint density at radius 1 is 1.18 bits per heavy atom. The highest BCUT2D eigenvalue weighted by Gasteiger charge is 2.58. The van der Waals surface area contributed by atoms with Crippen LogP contribution in [0.15, 0.2) is 35.5 Å². The van der Waals surface area contributed by atoms with Crippen molar-refractivity contribution in [1.29, 1.82) is 0 Å². The number of thiazole rings is 1. The van der Waals surface area contributed by atoms with Gasteiger partial charge in [0.15, 0.2) is 5.13 Å². The zero-order valence-electron chi connectivity index (χ0n) is 19.6. The van der Waals surface area contributed by atoms with Crippen molar-refractivity contribution in [3.8, 4) is 0 Å². The largest absolute Gasteiger partial charge is 0.411 e. The number of allylic oxidation sites excluding steroid dienone is 2. The maximum Gasteiger partial charge on any atom is 0.292 e. The van der Waals surface area contributed by atoms with Gasteiger partial charge in [-0.1, -0.05) is 48.5 Å². The van der Waals surface area contributed by atoms with Crippen LogP contribution in [0.2, 0.25) is 0 Å². The molecule has 0 saturated heterocycles. The molecule has 6 rings (SSSR count). The van der Waals surface area contributed by atoms with Gasteiger partial charge in [0, 0.05) is 11.5 Å². The second-order valence-electron chi connectivity index (χ2n) is 10.9. The van der Waals surface area contributed by atoms with Crippen LogP contribution in [-0.2, 0) is 6.42 Å². The Kier molecular flexibility index (Phi) is 4.89. The van der Waals surface area contributed by atoms with Crippen molar-refractivity contribution in [2.75, 3.05) is 5.32 Å². The van der Waals surface area contributed by atoms with Crippen LogP contribution in [0.3, 0.4) is 0 Å². The predicted molar refractivity (Wildman–Crippen MR) is 134 cm³/mol. The van der Waals surface area contributed by atoms with Crippen LogP contribution in [0.4, 0.5) is 16.5 Å². The number of nitrogens with zero attached hydrogens (tertiary/aromatic N) is 3. The molecule has 0 spiro atoms. The molecule has 34 heavy (non-hydrogen) atoms. The number of para-hydroxylation sites is 2. The maximum atomic E-state index is 11.4. The quantitative estimate of drug-likeness (QED) is 0.287. The molecule has 2 aromatic rings. The fraction of sp³-hybridized carbons (Fsp3) is 0.538. The summed E-state index contributed by atoms with van der Waals surface area (Å²) in [5, 5.41) is 28.7. The first-order valence-corrected chi connectivity index (χ1v) is 13.1. The number of aryl methyl sites for hydroxylation is 1. The summed E-state index contributed by atoms with van der Waals surface area (Å²) in [6, 6.07) is 6.73. The summed E-state index contributed by atoms with van der Waals surface area (Å²) in [6.07, 6.45) is 9.88. The molecule has 0 amide bonds. The molecule has 4 aliphatic carbocycles. The van der Waals surface area contributed by atoms with Crippen molar-refractivity contribution in [1.82, 2.24) is 4.98 Å². The molecule has 178 valence electrons. The molecule has 0 radical (unpaired) electrons. The summed E-state index contributed by atoms with van der Waals surface area (Å²) in [5.74, 6) is 1.85. The predicted octanol–water partition coefficient (Wildman–Crippen LogP) is 6.81. The van der Waals surface area contributed by atoms with Gasteiger partial charge in [-0.15, -0.1) is 0 Å². The van der Waals surface area contributed by atoms with Gasteiger partial charge in [0.05, 0.1) is 21.2 Å². The zero-order chi connectivity index (χ0) is 23.7. The van der Waals surface area contributed by atoms with Gasteiger partial charge in [-0.3, -0.25) is 10.1 Å².